The molecule has 3 N–H and O–H groups in total. The number of hydrogen-bond acceptors (Lipinski definition) is 5. The first-order valence-corrected chi connectivity index (χ1v) is 11.6. The van der Waals surface area contributed by atoms with E-state index in [4.69, 9.17) is 5.73 Å². The summed E-state index contributed by atoms with van der Waals surface area (Å²) in [7, 11) is -3.65. The molecule has 0 amide bonds. The van der Waals surface area contributed by atoms with Gasteiger partial charge in [0.05, 0.1) is 16.3 Å². The number of hydrogen-bond donors (Lipinski definition) is 2. The first-order valence-electron chi connectivity index (χ1n) is 10.1. The van der Waals surface area contributed by atoms with E-state index in [1.165, 1.54) is 0 Å². The van der Waals surface area contributed by atoms with Crippen LogP contribution < -0.4 is 10.5 Å². The molecular weight excluding hydrogens is 410 g/mol. The van der Waals surface area contributed by atoms with Crippen LogP contribution in [0.15, 0.2) is 41.3 Å². The molecule has 0 saturated heterocycles. The number of nitrogens with zero attached hydrogens (tertiary/aromatic N) is 3. The standard InChI is InChI=1S/C23H27N5O2S/c1-15-13-16(2)18(4)22(17(15)3)31(29,30)26-12-8-11-21-20(14-24)23(25)28(27-21)19-9-6-5-7-10-19/h5-7,9-10,13,26H,8,11-12,25H2,1-4H3. The molecule has 31 heavy (non-hydrogen) atoms. The molecule has 7 nitrogen and oxygen atoms in total. The van der Waals surface area contributed by atoms with Crippen molar-refractivity contribution in [3.63, 3.8) is 0 Å². The molecule has 0 saturated carbocycles. The van der Waals surface area contributed by atoms with E-state index in [-0.39, 0.29) is 12.4 Å². The fraction of sp³-hybridized carbons (Fsp3) is 0.304. The lowest BCUT2D eigenvalue weighted by atomic mass is 10.0. The van der Waals surface area contributed by atoms with Gasteiger partial charge in [0, 0.05) is 6.54 Å². The van der Waals surface area contributed by atoms with Gasteiger partial charge in [-0.1, -0.05) is 24.3 Å². The van der Waals surface area contributed by atoms with Crippen LogP contribution in [0, 0.1) is 39.0 Å². The minimum atomic E-state index is -3.65. The highest BCUT2D eigenvalue weighted by Gasteiger charge is 2.22. The topological polar surface area (TPSA) is 114 Å². The Labute approximate surface area is 183 Å². The number of nitriles is 1. The monoisotopic (exact) mass is 437 g/mol. The van der Waals surface area contributed by atoms with Crippen LogP contribution in [0.3, 0.4) is 0 Å². The van der Waals surface area contributed by atoms with E-state index in [1.54, 1.807) is 4.68 Å². The molecule has 0 aliphatic heterocycles. The highest BCUT2D eigenvalue weighted by molar-refractivity contribution is 7.89. The molecule has 0 aliphatic carbocycles. The van der Waals surface area contributed by atoms with Gasteiger partial charge in [-0.2, -0.15) is 10.4 Å². The van der Waals surface area contributed by atoms with Gasteiger partial charge in [0.15, 0.2) is 0 Å². The lowest BCUT2D eigenvalue weighted by Crippen LogP contribution is -2.27. The van der Waals surface area contributed by atoms with E-state index in [0.29, 0.717) is 29.0 Å². The number of anilines is 1. The zero-order chi connectivity index (χ0) is 22.8. The largest absolute Gasteiger partial charge is 0.382 e. The summed E-state index contributed by atoms with van der Waals surface area (Å²) < 4.78 is 30.1. The van der Waals surface area contributed by atoms with Crippen LogP contribution in [0.1, 0.15) is 39.9 Å². The molecule has 0 unspecified atom stereocenters. The highest BCUT2D eigenvalue weighted by atomic mass is 32.2. The molecule has 0 fully saturated rings. The number of benzene rings is 2. The third-order valence-electron chi connectivity index (χ3n) is 5.55. The third-order valence-corrected chi connectivity index (χ3v) is 7.29. The molecule has 1 heterocycles. The van der Waals surface area contributed by atoms with Crippen molar-refractivity contribution < 1.29 is 8.42 Å². The normalized spacial score (nSPS) is 11.5. The Hall–Kier alpha value is -3.15. The number of aryl methyl sites for hydroxylation is 3. The molecular formula is C23H27N5O2S. The molecule has 0 atom stereocenters. The van der Waals surface area contributed by atoms with E-state index in [9.17, 15) is 13.7 Å². The zero-order valence-corrected chi connectivity index (χ0v) is 19.0. The van der Waals surface area contributed by atoms with Crippen molar-refractivity contribution in [1.29, 1.82) is 5.26 Å². The van der Waals surface area contributed by atoms with Crippen LogP contribution in [0.4, 0.5) is 5.82 Å². The van der Waals surface area contributed by atoms with Gasteiger partial charge in [0.2, 0.25) is 10.0 Å². The van der Waals surface area contributed by atoms with E-state index >= 15 is 0 Å². The summed E-state index contributed by atoms with van der Waals surface area (Å²) >= 11 is 0. The van der Waals surface area contributed by atoms with Crippen molar-refractivity contribution in [1.82, 2.24) is 14.5 Å². The van der Waals surface area contributed by atoms with Crippen LogP contribution in [-0.4, -0.2) is 24.7 Å². The predicted octanol–water partition coefficient (Wildman–Crippen LogP) is 3.47. The lowest BCUT2D eigenvalue weighted by molar-refractivity contribution is 0.577. The van der Waals surface area contributed by atoms with E-state index in [0.717, 1.165) is 27.9 Å². The van der Waals surface area contributed by atoms with Crippen molar-refractivity contribution >= 4 is 15.8 Å². The van der Waals surface area contributed by atoms with Gasteiger partial charge >= 0.3 is 0 Å². The second kappa shape index (κ2) is 8.92. The first kappa shape index (κ1) is 22.5. The van der Waals surface area contributed by atoms with Crippen molar-refractivity contribution in [2.75, 3.05) is 12.3 Å². The Bertz CT molecular complexity index is 1230. The summed E-state index contributed by atoms with van der Waals surface area (Å²) in [6.07, 6.45) is 0.919. The fourth-order valence-electron chi connectivity index (χ4n) is 3.66. The Morgan fingerprint density at radius 2 is 1.71 bits per heavy atom. The first-order chi connectivity index (χ1) is 14.7. The van der Waals surface area contributed by atoms with Crippen LogP contribution in [0.25, 0.3) is 5.69 Å². The quantitative estimate of drug-likeness (QED) is 0.549. The number of para-hydroxylation sites is 1. The van der Waals surface area contributed by atoms with Crippen molar-refractivity contribution in [3.8, 4) is 11.8 Å². The average Bonchev–Trinajstić information content (AvgIpc) is 3.05. The smallest absolute Gasteiger partial charge is 0.241 e. The van der Waals surface area contributed by atoms with Gasteiger partial charge in [0.1, 0.15) is 17.5 Å². The Kier molecular flexibility index (Phi) is 6.48. The molecule has 3 aromatic rings. The van der Waals surface area contributed by atoms with Crippen molar-refractivity contribution in [2.24, 2.45) is 0 Å². The SMILES string of the molecule is Cc1cc(C)c(C)c(S(=O)(=O)NCCCc2nn(-c3ccccc3)c(N)c2C#N)c1C. The molecule has 162 valence electrons. The second-order valence-electron chi connectivity index (χ2n) is 7.66. The molecule has 0 radical (unpaired) electrons. The van der Waals surface area contributed by atoms with E-state index < -0.39 is 10.0 Å². The van der Waals surface area contributed by atoms with Crippen LogP contribution in [-0.2, 0) is 16.4 Å². The Morgan fingerprint density at radius 1 is 1.10 bits per heavy atom. The van der Waals surface area contributed by atoms with Crippen LogP contribution >= 0.6 is 0 Å². The maximum atomic E-state index is 13.0. The Morgan fingerprint density at radius 3 is 2.29 bits per heavy atom. The molecule has 2 aromatic carbocycles. The number of aromatic nitrogens is 2. The van der Waals surface area contributed by atoms with E-state index in [1.807, 2.05) is 64.1 Å². The maximum Gasteiger partial charge on any atom is 0.241 e. The van der Waals surface area contributed by atoms with Gasteiger partial charge < -0.3 is 5.73 Å². The Balaban J connectivity index is 1.74. The zero-order valence-electron chi connectivity index (χ0n) is 18.2. The van der Waals surface area contributed by atoms with Gasteiger partial charge in [-0.3, -0.25) is 0 Å². The van der Waals surface area contributed by atoms with Crippen LogP contribution in [0.5, 0.6) is 0 Å². The summed E-state index contributed by atoms with van der Waals surface area (Å²) in [6, 6.07) is 13.5. The summed E-state index contributed by atoms with van der Waals surface area (Å²) in [5, 5.41) is 14.0. The second-order valence-corrected chi connectivity index (χ2v) is 9.36. The molecule has 0 aliphatic rings. The maximum absolute atomic E-state index is 13.0. The lowest BCUT2D eigenvalue weighted by Gasteiger charge is -2.16. The fourth-order valence-corrected chi connectivity index (χ4v) is 5.35. The molecule has 3 rings (SSSR count). The molecule has 1 aromatic heterocycles. The van der Waals surface area contributed by atoms with Gasteiger partial charge in [0.25, 0.3) is 0 Å². The number of nitrogens with two attached hydrogens (primary N) is 1. The summed E-state index contributed by atoms with van der Waals surface area (Å²) in [5.41, 5.74) is 11.2. The number of sulfonamides is 1. The predicted molar refractivity (Wildman–Crippen MR) is 122 cm³/mol. The summed E-state index contributed by atoms with van der Waals surface area (Å²) in [4.78, 5) is 0.348. The molecule has 0 bridgehead atoms. The summed E-state index contributed by atoms with van der Waals surface area (Å²) in [5.74, 6) is 0.283. The van der Waals surface area contributed by atoms with Gasteiger partial charge in [-0.15, -0.1) is 0 Å². The molecule has 8 heteroatoms. The summed E-state index contributed by atoms with van der Waals surface area (Å²) in [6.45, 7) is 7.72. The number of rotatable bonds is 7. The van der Waals surface area contributed by atoms with E-state index in [2.05, 4.69) is 15.9 Å². The minimum absolute atomic E-state index is 0.233. The van der Waals surface area contributed by atoms with Crippen molar-refractivity contribution in [2.45, 2.75) is 45.4 Å². The number of nitrogens with one attached hydrogen (secondary N) is 1. The third kappa shape index (κ3) is 4.48. The minimum Gasteiger partial charge on any atom is -0.382 e. The highest BCUT2D eigenvalue weighted by Crippen LogP contribution is 2.26. The van der Waals surface area contributed by atoms with Gasteiger partial charge in [-0.05, 0) is 74.9 Å². The van der Waals surface area contributed by atoms with Gasteiger partial charge in [-0.25, -0.2) is 17.8 Å². The average molecular weight is 438 g/mol. The molecule has 0 spiro atoms. The number of nitrogen functional groups attached to an aromatic ring is 1. The van der Waals surface area contributed by atoms with Crippen LogP contribution in [0.2, 0.25) is 0 Å². The van der Waals surface area contributed by atoms with Crippen molar-refractivity contribution in [3.05, 3.63) is 69.9 Å².